The second-order valence-corrected chi connectivity index (χ2v) is 8.35. The Bertz CT molecular complexity index is 1320. The van der Waals surface area contributed by atoms with Gasteiger partial charge in [-0.1, -0.05) is 48.0 Å². The molecule has 3 aromatic carbocycles. The number of ether oxygens (including phenoxy) is 2. The average Bonchev–Trinajstić information content (AvgIpc) is 3.10. The van der Waals surface area contributed by atoms with Crippen LogP contribution < -0.4 is 9.47 Å². The van der Waals surface area contributed by atoms with Crippen molar-refractivity contribution < 1.29 is 29.3 Å². The number of aliphatic hydroxyl groups excluding tert-OH is 1. The first-order chi connectivity index (χ1) is 16.8. The fraction of sp³-hybridized carbons (Fsp3) is 0.185. The van der Waals surface area contributed by atoms with E-state index < -0.39 is 17.7 Å². The first-order valence-electron chi connectivity index (χ1n) is 11.0. The minimum absolute atomic E-state index is 0.0520. The van der Waals surface area contributed by atoms with Crippen LogP contribution in [0.4, 0.5) is 0 Å². The lowest BCUT2D eigenvalue weighted by molar-refractivity contribution is -0.140. The number of likely N-dealkylation sites (tertiary alicyclic amines) is 1. The number of aromatic hydroxyl groups is 1. The van der Waals surface area contributed by atoms with E-state index in [1.165, 1.54) is 24.1 Å². The van der Waals surface area contributed by atoms with Gasteiger partial charge in [0, 0.05) is 16.1 Å². The number of para-hydroxylation sites is 1. The van der Waals surface area contributed by atoms with Crippen molar-refractivity contribution in [1.29, 1.82) is 0 Å². The van der Waals surface area contributed by atoms with Crippen molar-refractivity contribution >= 4 is 29.1 Å². The molecule has 1 saturated heterocycles. The summed E-state index contributed by atoms with van der Waals surface area (Å²) >= 11 is 6.10. The number of benzene rings is 3. The SMILES string of the molecule is CCOc1cc(C2/C(=C(/O)c3cccc(Cl)c3)C(=O)C(=O)N2Cc2ccccc2OC)ccc1O. The molecule has 1 fully saturated rings. The summed E-state index contributed by atoms with van der Waals surface area (Å²) in [5, 5.41) is 21.8. The smallest absolute Gasteiger partial charge is 0.295 e. The number of hydrogen-bond donors (Lipinski definition) is 2. The highest BCUT2D eigenvalue weighted by Crippen LogP contribution is 2.43. The van der Waals surface area contributed by atoms with Gasteiger partial charge in [-0.05, 0) is 42.8 Å². The maximum Gasteiger partial charge on any atom is 0.295 e. The molecule has 0 saturated carbocycles. The summed E-state index contributed by atoms with van der Waals surface area (Å²) in [4.78, 5) is 27.9. The van der Waals surface area contributed by atoms with Crippen molar-refractivity contribution in [3.8, 4) is 17.2 Å². The van der Waals surface area contributed by atoms with E-state index in [-0.39, 0.29) is 29.4 Å². The minimum atomic E-state index is -0.946. The summed E-state index contributed by atoms with van der Waals surface area (Å²) in [5.74, 6) is -1.25. The number of phenolic OH excluding ortho intramolecular Hbond substituents is 1. The fourth-order valence-electron chi connectivity index (χ4n) is 4.17. The molecule has 1 atom stereocenters. The molecule has 2 N–H and O–H groups in total. The third-order valence-corrected chi connectivity index (χ3v) is 6.01. The standard InChI is InChI=1S/C27H24ClNO6/c1-3-35-22-14-16(11-12-20(22)30)24-23(25(31)17-8-6-9-19(28)13-17)26(32)27(33)29(24)15-18-7-4-5-10-21(18)34-2/h4-14,24,30-31H,3,15H2,1-2H3/b25-23-. The number of amides is 1. The van der Waals surface area contributed by atoms with Crippen LogP contribution in [0.2, 0.25) is 5.02 Å². The quantitative estimate of drug-likeness (QED) is 0.271. The molecular formula is C27H24ClNO6. The first kappa shape index (κ1) is 24.2. The molecule has 0 bridgehead atoms. The molecule has 0 aromatic heterocycles. The van der Waals surface area contributed by atoms with Crippen molar-refractivity contribution in [1.82, 2.24) is 4.90 Å². The van der Waals surface area contributed by atoms with Crippen LogP contribution in [0.15, 0.2) is 72.3 Å². The van der Waals surface area contributed by atoms with Crippen LogP contribution in [-0.2, 0) is 16.1 Å². The van der Waals surface area contributed by atoms with Crippen LogP contribution in [0, 0.1) is 0 Å². The molecule has 4 rings (SSSR count). The van der Waals surface area contributed by atoms with E-state index >= 15 is 0 Å². The molecule has 180 valence electrons. The average molecular weight is 494 g/mol. The van der Waals surface area contributed by atoms with Gasteiger partial charge in [-0.2, -0.15) is 0 Å². The Hall–Kier alpha value is -3.97. The number of rotatable bonds is 7. The number of carbonyl (C=O) groups is 2. The normalized spacial score (nSPS) is 17.0. The van der Waals surface area contributed by atoms with Crippen molar-refractivity contribution in [2.45, 2.75) is 19.5 Å². The Kier molecular flexibility index (Phi) is 6.98. The summed E-state index contributed by atoms with van der Waals surface area (Å²) < 4.78 is 11.0. The van der Waals surface area contributed by atoms with Crippen molar-refractivity contribution in [3.63, 3.8) is 0 Å². The van der Waals surface area contributed by atoms with Gasteiger partial charge in [-0.3, -0.25) is 9.59 Å². The van der Waals surface area contributed by atoms with Crippen LogP contribution in [0.1, 0.15) is 29.7 Å². The van der Waals surface area contributed by atoms with E-state index in [0.29, 0.717) is 34.1 Å². The number of carbonyl (C=O) groups excluding carboxylic acids is 2. The summed E-state index contributed by atoms with van der Waals surface area (Å²) in [6.07, 6.45) is 0. The number of aliphatic hydroxyl groups is 1. The molecule has 7 nitrogen and oxygen atoms in total. The lowest BCUT2D eigenvalue weighted by atomic mass is 9.94. The topological polar surface area (TPSA) is 96.3 Å². The molecule has 0 aliphatic carbocycles. The van der Waals surface area contributed by atoms with E-state index in [1.807, 2.05) is 6.07 Å². The summed E-state index contributed by atoms with van der Waals surface area (Å²) in [5.41, 5.74) is 1.40. The Labute approximate surface area is 207 Å². The largest absolute Gasteiger partial charge is 0.507 e. The van der Waals surface area contributed by atoms with Gasteiger partial charge in [0.15, 0.2) is 11.5 Å². The van der Waals surface area contributed by atoms with Crippen LogP contribution in [-0.4, -0.2) is 40.5 Å². The summed E-state index contributed by atoms with van der Waals surface area (Å²) in [6, 6.07) is 17.2. The Morgan fingerprint density at radius 2 is 1.80 bits per heavy atom. The van der Waals surface area contributed by atoms with E-state index in [2.05, 4.69) is 0 Å². The molecule has 1 amide bonds. The number of phenols is 1. The molecular weight excluding hydrogens is 470 g/mol. The molecule has 8 heteroatoms. The van der Waals surface area contributed by atoms with E-state index in [1.54, 1.807) is 55.5 Å². The van der Waals surface area contributed by atoms with Crippen molar-refractivity contribution in [2.75, 3.05) is 13.7 Å². The van der Waals surface area contributed by atoms with Gasteiger partial charge in [-0.15, -0.1) is 0 Å². The predicted molar refractivity (Wildman–Crippen MR) is 132 cm³/mol. The number of nitrogens with zero attached hydrogens (tertiary/aromatic N) is 1. The molecule has 0 spiro atoms. The van der Waals surface area contributed by atoms with Crippen LogP contribution in [0.25, 0.3) is 5.76 Å². The molecule has 1 heterocycles. The van der Waals surface area contributed by atoms with E-state index in [9.17, 15) is 19.8 Å². The van der Waals surface area contributed by atoms with Gasteiger partial charge < -0.3 is 24.6 Å². The minimum Gasteiger partial charge on any atom is -0.507 e. The zero-order valence-electron chi connectivity index (χ0n) is 19.2. The zero-order valence-corrected chi connectivity index (χ0v) is 20.0. The molecule has 1 unspecified atom stereocenters. The van der Waals surface area contributed by atoms with Gasteiger partial charge in [0.05, 0.1) is 31.9 Å². The molecule has 3 aromatic rings. The molecule has 1 aliphatic heterocycles. The fourth-order valence-corrected chi connectivity index (χ4v) is 4.36. The second-order valence-electron chi connectivity index (χ2n) is 7.91. The number of methoxy groups -OCH3 is 1. The van der Waals surface area contributed by atoms with Crippen LogP contribution >= 0.6 is 11.6 Å². The number of ketones is 1. The third kappa shape index (κ3) is 4.68. The monoisotopic (exact) mass is 493 g/mol. The Balaban J connectivity index is 1.90. The van der Waals surface area contributed by atoms with Gasteiger partial charge in [0.1, 0.15) is 11.5 Å². The lowest BCUT2D eigenvalue weighted by Crippen LogP contribution is -2.29. The van der Waals surface area contributed by atoms with Crippen molar-refractivity contribution in [3.05, 3.63) is 94.0 Å². The van der Waals surface area contributed by atoms with E-state index in [0.717, 1.165) is 0 Å². The number of halogens is 1. The van der Waals surface area contributed by atoms with Gasteiger partial charge in [0.2, 0.25) is 0 Å². The second kappa shape index (κ2) is 10.1. The van der Waals surface area contributed by atoms with Crippen LogP contribution in [0.5, 0.6) is 17.2 Å². The summed E-state index contributed by atoms with van der Waals surface area (Å²) in [7, 11) is 1.53. The summed E-state index contributed by atoms with van der Waals surface area (Å²) in [6.45, 7) is 2.14. The number of hydrogen-bond acceptors (Lipinski definition) is 6. The van der Waals surface area contributed by atoms with E-state index in [4.69, 9.17) is 21.1 Å². The van der Waals surface area contributed by atoms with Crippen molar-refractivity contribution in [2.24, 2.45) is 0 Å². The third-order valence-electron chi connectivity index (χ3n) is 5.77. The maximum absolute atomic E-state index is 13.3. The molecule has 0 radical (unpaired) electrons. The highest BCUT2D eigenvalue weighted by Gasteiger charge is 2.46. The lowest BCUT2D eigenvalue weighted by Gasteiger charge is -2.26. The number of Topliss-reactive ketones (excluding diaryl/α,β-unsaturated/α-hetero) is 1. The predicted octanol–water partition coefficient (Wildman–Crippen LogP) is 5.07. The highest BCUT2D eigenvalue weighted by molar-refractivity contribution is 6.46. The van der Waals surface area contributed by atoms with Crippen LogP contribution in [0.3, 0.4) is 0 Å². The molecule has 1 aliphatic rings. The Morgan fingerprint density at radius 3 is 2.51 bits per heavy atom. The zero-order chi connectivity index (χ0) is 25.1. The maximum atomic E-state index is 13.3. The first-order valence-corrected chi connectivity index (χ1v) is 11.4. The Morgan fingerprint density at radius 1 is 1.03 bits per heavy atom. The molecule has 35 heavy (non-hydrogen) atoms. The highest BCUT2D eigenvalue weighted by atomic mass is 35.5. The van der Waals surface area contributed by atoms with Gasteiger partial charge in [-0.25, -0.2) is 0 Å². The van der Waals surface area contributed by atoms with Gasteiger partial charge >= 0.3 is 0 Å². The van der Waals surface area contributed by atoms with Gasteiger partial charge in [0.25, 0.3) is 11.7 Å².